The van der Waals surface area contributed by atoms with Gasteiger partial charge >= 0.3 is 5.97 Å². The van der Waals surface area contributed by atoms with Crippen molar-refractivity contribution in [2.45, 2.75) is 137 Å². The fraction of sp³-hybridized carbons (Fsp3) is 0.970. The highest BCUT2D eigenvalue weighted by atomic mass is 16.7. The standard InChI is InChI=1S/C33H54O4/c1-7-20(2)16-29(34)36-24-11-13-31(5)23(17-24)8-9-25-26(31)12-14-32(6)27(25)18-28-30(32)22(4)33(37-28)15-10-21(3)19-35-33/h20-28,30H,7-19H2,1-6H3/t20-,21-,22-,23+,24+,25+,26-,27+,28-,30-,31-,32-,33+/m0/s1. The zero-order valence-corrected chi connectivity index (χ0v) is 24.6. The first-order valence-corrected chi connectivity index (χ1v) is 16.1. The summed E-state index contributed by atoms with van der Waals surface area (Å²) >= 11 is 0. The first-order chi connectivity index (χ1) is 17.6. The first-order valence-electron chi connectivity index (χ1n) is 16.1. The van der Waals surface area contributed by atoms with Crippen LogP contribution in [-0.2, 0) is 19.0 Å². The Labute approximate surface area is 226 Å². The van der Waals surface area contributed by atoms with Crippen LogP contribution in [0.1, 0.15) is 119 Å². The van der Waals surface area contributed by atoms with Crippen LogP contribution >= 0.6 is 0 Å². The number of hydrogen-bond donors (Lipinski definition) is 0. The van der Waals surface area contributed by atoms with Gasteiger partial charge in [0.15, 0.2) is 5.79 Å². The Morgan fingerprint density at radius 2 is 1.76 bits per heavy atom. The molecule has 0 N–H and O–H groups in total. The highest BCUT2D eigenvalue weighted by Gasteiger charge is 2.69. The molecule has 2 aliphatic heterocycles. The third kappa shape index (κ3) is 4.16. The van der Waals surface area contributed by atoms with E-state index < -0.39 is 0 Å². The van der Waals surface area contributed by atoms with E-state index >= 15 is 0 Å². The van der Waals surface area contributed by atoms with Crippen LogP contribution in [0.4, 0.5) is 0 Å². The first kappa shape index (κ1) is 26.6. The molecule has 0 radical (unpaired) electrons. The zero-order valence-electron chi connectivity index (χ0n) is 24.6. The molecular formula is C33H54O4. The monoisotopic (exact) mass is 514 g/mol. The van der Waals surface area contributed by atoms with E-state index in [1.54, 1.807) is 0 Å². The predicted octanol–water partition coefficient (Wildman–Crippen LogP) is 7.78. The van der Waals surface area contributed by atoms with Crippen LogP contribution < -0.4 is 0 Å². The summed E-state index contributed by atoms with van der Waals surface area (Å²) in [5.74, 6) is 5.15. The van der Waals surface area contributed by atoms with Crippen molar-refractivity contribution in [1.29, 1.82) is 0 Å². The van der Waals surface area contributed by atoms with Gasteiger partial charge in [-0.15, -0.1) is 0 Å². The fourth-order valence-corrected chi connectivity index (χ4v) is 11.0. The van der Waals surface area contributed by atoms with Crippen LogP contribution in [0.3, 0.4) is 0 Å². The van der Waals surface area contributed by atoms with Crippen molar-refractivity contribution in [3.63, 3.8) is 0 Å². The molecule has 13 atom stereocenters. The average Bonchev–Trinajstić information content (AvgIpc) is 3.31. The number of carbonyl (C=O) groups excluding carboxylic acids is 1. The van der Waals surface area contributed by atoms with Gasteiger partial charge in [0.2, 0.25) is 0 Å². The number of rotatable bonds is 4. The fourth-order valence-electron chi connectivity index (χ4n) is 11.0. The van der Waals surface area contributed by atoms with E-state index in [4.69, 9.17) is 14.2 Å². The lowest BCUT2D eigenvalue weighted by molar-refractivity contribution is -0.273. The van der Waals surface area contributed by atoms with Gasteiger partial charge in [0.05, 0.1) is 12.7 Å². The normalized spacial score (nSPS) is 53.6. The maximum atomic E-state index is 12.5. The van der Waals surface area contributed by atoms with Crippen molar-refractivity contribution in [1.82, 2.24) is 0 Å². The molecule has 0 aromatic rings. The van der Waals surface area contributed by atoms with Crippen molar-refractivity contribution < 1.29 is 19.0 Å². The zero-order chi connectivity index (χ0) is 26.2. The van der Waals surface area contributed by atoms with Crippen molar-refractivity contribution in [2.24, 2.45) is 58.2 Å². The van der Waals surface area contributed by atoms with E-state index in [1.807, 2.05) is 0 Å². The maximum absolute atomic E-state index is 12.5. The largest absolute Gasteiger partial charge is 0.462 e. The number of fused-ring (bicyclic) bond motifs is 7. The molecule has 0 bridgehead atoms. The van der Waals surface area contributed by atoms with Gasteiger partial charge in [0.1, 0.15) is 6.10 Å². The molecule has 37 heavy (non-hydrogen) atoms. The van der Waals surface area contributed by atoms with Crippen molar-refractivity contribution in [3.8, 4) is 0 Å². The van der Waals surface area contributed by atoms with Crippen LogP contribution in [0, 0.1) is 58.2 Å². The summed E-state index contributed by atoms with van der Waals surface area (Å²) in [6, 6.07) is 0. The summed E-state index contributed by atoms with van der Waals surface area (Å²) in [6.07, 6.45) is 14.6. The molecule has 6 rings (SSSR count). The number of hydrogen-bond acceptors (Lipinski definition) is 4. The molecule has 1 spiro atoms. The average molecular weight is 515 g/mol. The second-order valence-electron chi connectivity index (χ2n) is 15.3. The van der Waals surface area contributed by atoms with E-state index in [0.717, 1.165) is 50.0 Å². The van der Waals surface area contributed by atoms with Gasteiger partial charge in [-0.1, -0.05) is 48.0 Å². The summed E-state index contributed by atoms with van der Waals surface area (Å²) in [7, 11) is 0. The van der Waals surface area contributed by atoms with E-state index in [9.17, 15) is 4.79 Å². The second kappa shape index (κ2) is 9.50. The lowest BCUT2D eigenvalue weighted by atomic mass is 9.44. The molecule has 6 aliphatic rings. The molecule has 4 aliphatic carbocycles. The molecule has 2 saturated heterocycles. The third-order valence-corrected chi connectivity index (χ3v) is 13.4. The molecule has 0 aromatic heterocycles. The quantitative estimate of drug-likeness (QED) is 0.359. The third-order valence-electron chi connectivity index (χ3n) is 13.4. The molecule has 4 heteroatoms. The Balaban J connectivity index is 1.13. The Morgan fingerprint density at radius 3 is 2.49 bits per heavy atom. The molecule has 2 heterocycles. The number of ether oxygens (including phenoxy) is 3. The number of carbonyl (C=O) groups is 1. The molecule has 6 fully saturated rings. The Kier molecular flexibility index (Phi) is 6.83. The van der Waals surface area contributed by atoms with Gasteiger partial charge in [0.25, 0.3) is 0 Å². The van der Waals surface area contributed by atoms with Gasteiger partial charge in [0, 0.05) is 18.8 Å². The molecule has 210 valence electrons. The SMILES string of the molecule is CC[C@H](C)CC(=O)O[C@@H]1CC[C@@]2(C)[C@H](CC[C@H]3[C@H]4C[C@@H]5O[C@]6(CC[C@H](C)CO6)[C@@H](C)[C@@H]5[C@@]4(C)CC[C@@H]32)C1. The summed E-state index contributed by atoms with van der Waals surface area (Å²) in [4.78, 5) is 12.5. The molecular weight excluding hydrogens is 460 g/mol. The minimum absolute atomic E-state index is 0.0332. The van der Waals surface area contributed by atoms with Gasteiger partial charge < -0.3 is 14.2 Å². The minimum atomic E-state index is -0.305. The van der Waals surface area contributed by atoms with Gasteiger partial charge in [-0.2, -0.15) is 0 Å². The molecule has 0 amide bonds. The van der Waals surface area contributed by atoms with Crippen LogP contribution in [-0.4, -0.2) is 30.6 Å². The Bertz CT molecular complexity index is 862. The van der Waals surface area contributed by atoms with Crippen LogP contribution in [0.15, 0.2) is 0 Å². The maximum Gasteiger partial charge on any atom is 0.306 e. The summed E-state index contributed by atoms with van der Waals surface area (Å²) in [5, 5.41) is 0. The molecule has 0 aromatic carbocycles. The van der Waals surface area contributed by atoms with E-state index in [2.05, 4.69) is 41.5 Å². The van der Waals surface area contributed by atoms with E-state index in [1.165, 1.54) is 44.9 Å². The molecule has 0 unspecified atom stereocenters. The Hall–Kier alpha value is -0.610. The highest BCUT2D eigenvalue weighted by molar-refractivity contribution is 5.69. The van der Waals surface area contributed by atoms with E-state index in [0.29, 0.717) is 52.9 Å². The molecule has 4 nitrogen and oxygen atoms in total. The van der Waals surface area contributed by atoms with E-state index in [-0.39, 0.29) is 17.9 Å². The van der Waals surface area contributed by atoms with Crippen LogP contribution in [0.2, 0.25) is 0 Å². The minimum Gasteiger partial charge on any atom is -0.462 e. The lowest BCUT2D eigenvalue weighted by Crippen LogP contribution is -2.55. The summed E-state index contributed by atoms with van der Waals surface area (Å²) < 4.78 is 19.5. The van der Waals surface area contributed by atoms with Crippen molar-refractivity contribution in [2.75, 3.05) is 6.61 Å². The van der Waals surface area contributed by atoms with Gasteiger partial charge in [-0.05, 0) is 110 Å². The Morgan fingerprint density at radius 1 is 0.973 bits per heavy atom. The van der Waals surface area contributed by atoms with Crippen LogP contribution in [0.25, 0.3) is 0 Å². The molecule has 4 saturated carbocycles. The summed E-state index contributed by atoms with van der Waals surface area (Å²) in [6.45, 7) is 15.2. The second-order valence-corrected chi connectivity index (χ2v) is 15.3. The lowest BCUT2D eigenvalue weighted by Gasteiger charge is -2.61. The van der Waals surface area contributed by atoms with Gasteiger partial charge in [-0.25, -0.2) is 0 Å². The topological polar surface area (TPSA) is 44.8 Å². The summed E-state index contributed by atoms with van der Waals surface area (Å²) in [5.41, 5.74) is 0.810. The highest BCUT2D eigenvalue weighted by Crippen LogP contribution is 2.71. The van der Waals surface area contributed by atoms with Crippen LogP contribution in [0.5, 0.6) is 0 Å². The van der Waals surface area contributed by atoms with Crippen molar-refractivity contribution in [3.05, 3.63) is 0 Å². The number of esters is 1. The van der Waals surface area contributed by atoms with Crippen molar-refractivity contribution >= 4 is 5.97 Å². The van der Waals surface area contributed by atoms with Gasteiger partial charge in [-0.3, -0.25) is 4.79 Å². The smallest absolute Gasteiger partial charge is 0.306 e. The predicted molar refractivity (Wildman–Crippen MR) is 146 cm³/mol.